The van der Waals surface area contributed by atoms with E-state index in [1.165, 1.54) is 9.75 Å². The van der Waals surface area contributed by atoms with E-state index in [0.717, 1.165) is 0 Å². The molecule has 0 fully saturated rings. The highest BCUT2D eigenvalue weighted by molar-refractivity contribution is 7.50. The Morgan fingerprint density at radius 2 is 0.667 bits per heavy atom. The van der Waals surface area contributed by atoms with Crippen molar-refractivity contribution in [2.45, 2.75) is 66.2 Å². The zero-order valence-corrected chi connectivity index (χ0v) is 29.4. The second kappa shape index (κ2) is 9.78. The number of hydrogen-bond acceptors (Lipinski definition) is 2. The summed E-state index contributed by atoms with van der Waals surface area (Å²) in [6.07, 6.45) is 0. The molecule has 0 atom stereocenters. The second-order valence-electron chi connectivity index (χ2n) is 12.5. The van der Waals surface area contributed by atoms with Gasteiger partial charge in [0.05, 0.1) is 15.2 Å². The van der Waals surface area contributed by atoms with E-state index in [0.29, 0.717) is 0 Å². The number of hydrogen-bond donors (Lipinski definition) is 0. The maximum absolute atomic E-state index is 2.61. The summed E-state index contributed by atoms with van der Waals surface area (Å²) in [4.78, 5) is 2.84. The van der Waals surface area contributed by atoms with Crippen molar-refractivity contribution in [1.29, 1.82) is 0 Å². The first-order valence-electron chi connectivity index (χ1n) is 13.0. The van der Waals surface area contributed by atoms with Crippen molar-refractivity contribution in [3.05, 3.63) is 82.6 Å². The Bertz CT molecular complexity index is 1230. The monoisotopic (exact) mass is 578 g/mol. The minimum absolute atomic E-state index is 1.42. The summed E-state index contributed by atoms with van der Waals surface area (Å²) in [5.41, 5.74) is 0. The minimum atomic E-state index is -1.66. The Morgan fingerprint density at radius 3 is 0.917 bits per heavy atom. The highest BCUT2D eigenvalue weighted by atomic mass is 32.1. The van der Waals surface area contributed by atoms with Crippen LogP contribution in [-0.2, 0) is 0 Å². The van der Waals surface area contributed by atoms with Crippen LogP contribution in [0, 0.1) is 13.8 Å². The molecule has 2 aromatic heterocycles. The fourth-order valence-electron chi connectivity index (χ4n) is 5.15. The van der Waals surface area contributed by atoms with Crippen LogP contribution in [0.1, 0.15) is 9.75 Å². The Labute approximate surface area is 231 Å². The molecule has 0 aliphatic carbocycles. The summed E-state index contributed by atoms with van der Waals surface area (Å²) in [7, 11) is -6.57. The van der Waals surface area contributed by atoms with Crippen molar-refractivity contribution in [1.82, 2.24) is 0 Å². The Hall–Kier alpha value is -1.29. The summed E-state index contributed by atoms with van der Waals surface area (Å²) in [6, 6.07) is 29.1. The first-order valence-corrected chi connectivity index (χ1v) is 27.7. The molecule has 0 spiro atoms. The molecule has 190 valence electrons. The molecule has 0 amide bonds. The lowest BCUT2D eigenvalue weighted by atomic mass is 10.4. The van der Waals surface area contributed by atoms with E-state index in [1.54, 1.807) is 29.7 Å². The van der Waals surface area contributed by atoms with Crippen molar-refractivity contribution in [3.63, 3.8) is 0 Å². The maximum atomic E-state index is 2.61. The van der Waals surface area contributed by atoms with Crippen LogP contribution >= 0.6 is 22.7 Å². The van der Waals surface area contributed by atoms with Gasteiger partial charge < -0.3 is 0 Å². The molecule has 0 saturated heterocycles. The van der Waals surface area contributed by atoms with Gasteiger partial charge in [-0.1, -0.05) is 134 Å². The lowest BCUT2D eigenvalue weighted by Gasteiger charge is -2.40. The van der Waals surface area contributed by atoms with Crippen LogP contribution in [0.4, 0.5) is 0 Å². The van der Waals surface area contributed by atoms with E-state index >= 15 is 0 Å². The highest BCUT2D eigenvalue weighted by Gasteiger charge is 2.44. The van der Waals surface area contributed by atoms with Gasteiger partial charge in [-0.3, -0.25) is 0 Å². The molecule has 36 heavy (non-hydrogen) atoms. The van der Waals surface area contributed by atoms with Gasteiger partial charge >= 0.3 is 0 Å². The van der Waals surface area contributed by atoms with Crippen molar-refractivity contribution in [2.24, 2.45) is 0 Å². The molecule has 0 radical (unpaired) electrons. The second-order valence-corrected chi connectivity index (χ2v) is 39.7. The third-order valence-corrected chi connectivity index (χ3v) is 38.4. The number of thiophene rings is 2. The fourth-order valence-corrected chi connectivity index (χ4v) is 22.4. The first kappa shape index (κ1) is 27.7. The number of benzene rings is 2. The Morgan fingerprint density at radius 1 is 0.389 bits per heavy atom. The highest BCUT2D eigenvalue weighted by Crippen LogP contribution is 2.21. The van der Waals surface area contributed by atoms with Gasteiger partial charge in [-0.2, -0.15) is 0 Å². The van der Waals surface area contributed by atoms with Crippen LogP contribution in [0.2, 0.25) is 52.4 Å². The molecular formula is C30H42S2Si4. The average Bonchev–Trinajstić information content (AvgIpc) is 3.48. The summed E-state index contributed by atoms with van der Waals surface area (Å²) in [6.45, 7) is 24.9. The molecule has 6 heteroatoms. The molecule has 0 nitrogen and oxygen atoms in total. The fraction of sp³-hybridized carbons (Fsp3) is 0.333. The van der Waals surface area contributed by atoms with Crippen LogP contribution in [0.5, 0.6) is 0 Å². The van der Waals surface area contributed by atoms with Crippen molar-refractivity contribution in [2.75, 3.05) is 0 Å². The number of aryl methyl sites for hydroxylation is 2. The molecule has 4 aromatic rings. The van der Waals surface area contributed by atoms with Gasteiger partial charge in [0.2, 0.25) is 0 Å². The van der Waals surface area contributed by atoms with Crippen LogP contribution in [-0.4, -0.2) is 31.3 Å². The SMILES string of the molecule is Cc1ccc([Si](C)(C)c2ccc([Si](C)(C)[Si](C)(C)c3ccc([Si](C)(C)c4ccc(C)s4)cc3)cc2)s1. The van der Waals surface area contributed by atoms with E-state index in [9.17, 15) is 0 Å². The molecular weight excluding hydrogens is 537 g/mol. The molecule has 0 unspecified atom stereocenters. The van der Waals surface area contributed by atoms with Crippen LogP contribution < -0.4 is 29.7 Å². The Kier molecular flexibility index (Phi) is 7.54. The molecule has 0 N–H and O–H groups in total. The van der Waals surface area contributed by atoms with Crippen LogP contribution in [0.25, 0.3) is 0 Å². The van der Waals surface area contributed by atoms with Gasteiger partial charge in [0.15, 0.2) is 0 Å². The first-order chi connectivity index (χ1) is 16.7. The third-order valence-electron chi connectivity index (χ3n) is 8.93. The van der Waals surface area contributed by atoms with Crippen LogP contribution in [0.15, 0.2) is 72.8 Å². The molecule has 0 aliphatic rings. The van der Waals surface area contributed by atoms with Gasteiger partial charge in [0, 0.05) is 9.75 Å². The van der Waals surface area contributed by atoms with Gasteiger partial charge in [0.1, 0.15) is 16.1 Å². The van der Waals surface area contributed by atoms with E-state index in [4.69, 9.17) is 0 Å². The van der Waals surface area contributed by atoms with Crippen LogP contribution in [0.3, 0.4) is 0 Å². The van der Waals surface area contributed by atoms with Crippen molar-refractivity contribution < 1.29 is 0 Å². The van der Waals surface area contributed by atoms with Gasteiger partial charge in [0.25, 0.3) is 0 Å². The lowest BCUT2D eigenvalue weighted by Crippen LogP contribution is -2.69. The summed E-state index contributed by atoms with van der Waals surface area (Å²) in [5.74, 6) is 0. The Balaban J connectivity index is 1.61. The maximum Gasteiger partial charge on any atom is 0.124 e. The third kappa shape index (κ3) is 4.93. The van der Waals surface area contributed by atoms with Crippen molar-refractivity contribution >= 4 is 83.8 Å². The lowest BCUT2D eigenvalue weighted by molar-refractivity contribution is 1.64. The largest absolute Gasteiger partial charge is 0.150 e. The molecule has 4 rings (SSSR count). The van der Waals surface area contributed by atoms with E-state index in [1.807, 2.05) is 22.7 Å². The standard InChI is InChI=1S/C30H42S2Si4/c1-23-11-21-29(31-23)33(3,4)25-13-17-27(18-14-25)35(7,8)36(9,10)28-19-15-26(16-20-28)34(5,6)30-22-12-24(2)32-30/h11-22H,1-10H3. The summed E-state index contributed by atoms with van der Waals surface area (Å²) in [5, 5.41) is 6.33. The molecule has 0 saturated carbocycles. The zero-order chi connectivity index (χ0) is 26.5. The molecule has 2 heterocycles. The quantitative estimate of drug-likeness (QED) is 0.248. The zero-order valence-electron chi connectivity index (χ0n) is 23.7. The average molecular weight is 579 g/mol. The molecule has 2 aromatic carbocycles. The predicted molar refractivity (Wildman–Crippen MR) is 179 cm³/mol. The topological polar surface area (TPSA) is 0 Å². The number of rotatable bonds is 7. The van der Waals surface area contributed by atoms with Gasteiger partial charge in [-0.15, -0.1) is 22.7 Å². The van der Waals surface area contributed by atoms with E-state index in [-0.39, 0.29) is 0 Å². The smallest absolute Gasteiger partial charge is 0.124 e. The molecule has 0 aliphatic heterocycles. The van der Waals surface area contributed by atoms with Gasteiger partial charge in [-0.05, 0) is 35.0 Å². The molecule has 0 bridgehead atoms. The summed E-state index contributed by atoms with van der Waals surface area (Å²) < 4.78 is 3.17. The van der Waals surface area contributed by atoms with E-state index < -0.39 is 31.3 Å². The van der Waals surface area contributed by atoms with Crippen molar-refractivity contribution in [3.8, 4) is 0 Å². The minimum Gasteiger partial charge on any atom is -0.150 e. The summed E-state index contributed by atoms with van der Waals surface area (Å²) >= 11 is 3.97. The predicted octanol–water partition coefficient (Wildman–Crippen LogP) is 5.68. The van der Waals surface area contributed by atoms with E-state index in [2.05, 4.69) is 139 Å². The van der Waals surface area contributed by atoms with Gasteiger partial charge in [-0.25, -0.2) is 0 Å². The normalized spacial score (nSPS) is 13.3.